The summed E-state index contributed by atoms with van der Waals surface area (Å²) in [6.45, 7) is 2.22. The zero-order valence-electron chi connectivity index (χ0n) is 9.52. The average molecular weight is 238 g/mol. The molecule has 88 valence electrons. The number of thioether (sulfide) groups is 1. The molecule has 5 heteroatoms. The molecule has 1 aliphatic carbocycles. The fourth-order valence-corrected chi connectivity index (χ4v) is 3.26. The molecule has 1 heterocycles. The first kappa shape index (κ1) is 11.5. The van der Waals surface area contributed by atoms with Crippen molar-refractivity contribution >= 4 is 23.4 Å². The molecule has 1 aromatic rings. The van der Waals surface area contributed by atoms with E-state index in [0.29, 0.717) is 11.9 Å². The van der Waals surface area contributed by atoms with Crippen LogP contribution in [-0.4, -0.2) is 27.0 Å². The minimum atomic E-state index is 0.523. The SMILES string of the molecule is CCSC1CCC(Nc2cc(N)ncn2)C1. The molecule has 0 bridgehead atoms. The lowest BCUT2D eigenvalue weighted by Gasteiger charge is -2.13. The Bertz CT molecular complexity index is 345. The molecule has 2 atom stereocenters. The van der Waals surface area contributed by atoms with Gasteiger partial charge in [0.05, 0.1) is 0 Å². The molecule has 0 radical (unpaired) electrons. The lowest BCUT2D eigenvalue weighted by atomic mass is 10.2. The Kier molecular flexibility index (Phi) is 3.88. The van der Waals surface area contributed by atoms with Crippen LogP contribution in [0.5, 0.6) is 0 Å². The zero-order valence-corrected chi connectivity index (χ0v) is 10.3. The van der Waals surface area contributed by atoms with Crippen LogP contribution in [0.25, 0.3) is 0 Å². The fraction of sp³-hybridized carbons (Fsp3) is 0.636. The predicted octanol–water partition coefficient (Wildman–Crippen LogP) is 2.14. The van der Waals surface area contributed by atoms with Crippen molar-refractivity contribution in [3.8, 4) is 0 Å². The van der Waals surface area contributed by atoms with E-state index < -0.39 is 0 Å². The number of nitrogen functional groups attached to an aromatic ring is 1. The van der Waals surface area contributed by atoms with Gasteiger partial charge in [-0.3, -0.25) is 0 Å². The highest BCUT2D eigenvalue weighted by Crippen LogP contribution is 2.31. The number of rotatable bonds is 4. The zero-order chi connectivity index (χ0) is 11.4. The molecule has 0 spiro atoms. The number of aromatic nitrogens is 2. The van der Waals surface area contributed by atoms with Gasteiger partial charge in [0.25, 0.3) is 0 Å². The maximum absolute atomic E-state index is 5.61. The van der Waals surface area contributed by atoms with Crippen LogP contribution in [0.3, 0.4) is 0 Å². The van der Waals surface area contributed by atoms with E-state index in [9.17, 15) is 0 Å². The summed E-state index contributed by atoms with van der Waals surface area (Å²) < 4.78 is 0. The van der Waals surface area contributed by atoms with Gasteiger partial charge in [-0.15, -0.1) is 0 Å². The van der Waals surface area contributed by atoms with Crippen LogP contribution in [0.2, 0.25) is 0 Å². The fourth-order valence-electron chi connectivity index (χ4n) is 2.12. The first-order valence-corrected chi connectivity index (χ1v) is 6.78. The molecule has 1 fully saturated rings. The molecule has 4 nitrogen and oxygen atoms in total. The Labute approximate surface area is 100 Å². The first-order chi connectivity index (χ1) is 7.78. The molecule has 0 saturated heterocycles. The second-order valence-electron chi connectivity index (χ2n) is 4.06. The number of nitrogens with zero attached hydrogens (tertiary/aromatic N) is 2. The van der Waals surface area contributed by atoms with Gasteiger partial charge in [0, 0.05) is 17.4 Å². The van der Waals surface area contributed by atoms with Gasteiger partial charge >= 0.3 is 0 Å². The Hall–Kier alpha value is -0.970. The number of anilines is 2. The van der Waals surface area contributed by atoms with Gasteiger partial charge in [0.15, 0.2) is 0 Å². The van der Waals surface area contributed by atoms with Crippen molar-refractivity contribution in [2.45, 2.75) is 37.5 Å². The standard InChI is InChI=1S/C11H18N4S/c1-2-16-9-4-3-8(5-9)15-11-6-10(12)13-7-14-11/h6-9H,2-5H2,1H3,(H3,12,13,14,15). The number of nitrogens with one attached hydrogen (secondary N) is 1. The van der Waals surface area contributed by atoms with E-state index in [1.807, 2.05) is 0 Å². The summed E-state index contributed by atoms with van der Waals surface area (Å²) in [7, 11) is 0. The number of nitrogens with two attached hydrogens (primary N) is 1. The van der Waals surface area contributed by atoms with Crippen molar-refractivity contribution in [3.05, 3.63) is 12.4 Å². The number of hydrogen-bond acceptors (Lipinski definition) is 5. The van der Waals surface area contributed by atoms with Crippen molar-refractivity contribution in [2.24, 2.45) is 0 Å². The van der Waals surface area contributed by atoms with E-state index >= 15 is 0 Å². The van der Waals surface area contributed by atoms with Crippen LogP contribution in [0.4, 0.5) is 11.6 Å². The summed E-state index contributed by atoms with van der Waals surface area (Å²) in [5.74, 6) is 2.58. The molecule has 0 aliphatic heterocycles. The summed E-state index contributed by atoms with van der Waals surface area (Å²) in [6.07, 6.45) is 5.26. The summed E-state index contributed by atoms with van der Waals surface area (Å²) in [5.41, 5.74) is 5.61. The van der Waals surface area contributed by atoms with Crippen molar-refractivity contribution in [2.75, 3.05) is 16.8 Å². The number of hydrogen-bond donors (Lipinski definition) is 2. The molecule has 1 saturated carbocycles. The van der Waals surface area contributed by atoms with Crippen molar-refractivity contribution in [1.29, 1.82) is 0 Å². The van der Waals surface area contributed by atoms with E-state index in [2.05, 4.69) is 34.0 Å². The Morgan fingerprint density at radius 2 is 2.38 bits per heavy atom. The van der Waals surface area contributed by atoms with Crippen molar-refractivity contribution < 1.29 is 0 Å². The van der Waals surface area contributed by atoms with E-state index in [1.54, 1.807) is 6.07 Å². The average Bonchev–Trinajstić information content (AvgIpc) is 2.66. The molecule has 0 amide bonds. The third-order valence-corrected chi connectivity index (χ3v) is 4.06. The first-order valence-electron chi connectivity index (χ1n) is 5.73. The molecule has 16 heavy (non-hydrogen) atoms. The quantitative estimate of drug-likeness (QED) is 0.841. The van der Waals surface area contributed by atoms with Crippen LogP contribution in [-0.2, 0) is 0 Å². The summed E-state index contributed by atoms with van der Waals surface area (Å²) >= 11 is 2.06. The third-order valence-electron chi connectivity index (χ3n) is 2.83. The highest BCUT2D eigenvalue weighted by Gasteiger charge is 2.24. The highest BCUT2D eigenvalue weighted by atomic mass is 32.2. The normalized spacial score (nSPS) is 24.6. The maximum atomic E-state index is 5.61. The monoisotopic (exact) mass is 238 g/mol. The van der Waals surface area contributed by atoms with Crippen LogP contribution in [0, 0.1) is 0 Å². The van der Waals surface area contributed by atoms with E-state index in [1.165, 1.54) is 31.3 Å². The van der Waals surface area contributed by atoms with Gasteiger partial charge in [-0.25, -0.2) is 9.97 Å². The predicted molar refractivity (Wildman–Crippen MR) is 69.6 cm³/mol. The lowest BCUT2D eigenvalue weighted by Crippen LogP contribution is -2.17. The van der Waals surface area contributed by atoms with Crippen molar-refractivity contribution in [3.63, 3.8) is 0 Å². The van der Waals surface area contributed by atoms with E-state index in [0.717, 1.165) is 11.1 Å². The van der Waals surface area contributed by atoms with Gasteiger partial charge in [0.2, 0.25) is 0 Å². The summed E-state index contributed by atoms with van der Waals surface area (Å²) in [5, 5.41) is 4.23. The second-order valence-corrected chi connectivity index (χ2v) is 5.64. The van der Waals surface area contributed by atoms with Crippen LogP contribution in [0.1, 0.15) is 26.2 Å². The smallest absolute Gasteiger partial charge is 0.131 e. The molecular formula is C11H18N4S. The van der Waals surface area contributed by atoms with Crippen LogP contribution in [0.15, 0.2) is 12.4 Å². The minimum Gasteiger partial charge on any atom is -0.384 e. The third kappa shape index (κ3) is 3.01. The Morgan fingerprint density at radius 3 is 3.12 bits per heavy atom. The van der Waals surface area contributed by atoms with E-state index in [4.69, 9.17) is 5.73 Å². The molecule has 0 aromatic carbocycles. The Balaban J connectivity index is 1.87. The molecule has 2 unspecified atom stereocenters. The van der Waals surface area contributed by atoms with Gasteiger partial charge in [-0.1, -0.05) is 6.92 Å². The highest BCUT2D eigenvalue weighted by molar-refractivity contribution is 7.99. The van der Waals surface area contributed by atoms with E-state index in [-0.39, 0.29) is 0 Å². The second kappa shape index (κ2) is 5.39. The largest absolute Gasteiger partial charge is 0.384 e. The summed E-state index contributed by atoms with van der Waals surface area (Å²) in [4.78, 5) is 8.05. The Morgan fingerprint density at radius 1 is 1.50 bits per heavy atom. The lowest BCUT2D eigenvalue weighted by molar-refractivity contribution is 0.751. The van der Waals surface area contributed by atoms with Crippen LogP contribution >= 0.6 is 11.8 Å². The van der Waals surface area contributed by atoms with Crippen LogP contribution < -0.4 is 11.1 Å². The maximum Gasteiger partial charge on any atom is 0.131 e. The van der Waals surface area contributed by atoms with Gasteiger partial charge < -0.3 is 11.1 Å². The van der Waals surface area contributed by atoms with Crippen molar-refractivity contribution in [1.82, 2.24) is 9.97 Å². The molecule has 1 aliphatic rings. The van der Waals surface area contributed by atoms with Gasteiger partial charge in [0.1, 0.15) is 18.0 Å². The molecule has 2 rings (SSSR count). The topological polar surface area (TPSA) is 63.8 Å². The summed E-state index contributed by atoms with van der Waals surface area (Å²) in [6, 6.07) is 2.33. The molecule has 1 aromatic heterocycles. The minimum absolute atomic E-state index is 0.523. The molecular weight excluding hydrogens is 220 g/mol. The van der Waals surface area contributed by atoms with Gasteiger partial charge in [-0.05, 0) is 25.0 Å². The molecule has 3 N–H and O–H groups in total. The van der Waals surface area contributed by atoms with Gasteiger partial charge in [-0.2, -0.15) is 11.8 Å².